The van der Waals surface area contributed by atoms with Gasteiger partial charge in [-0.1, -0.05) is 6.42 Å². The van der Waals surface area contributed by atoms with Crippen LogP contribution in [0.25, 0.3) is 0 Å². The number of hydrogen-bond acceptors (Lipinski definition) is 6. The Bertz CT molecular complexity index is 231. The first-order valence-electron chi connectivity index (χ1n) is 4.49. The van der Waals surface area contributed by atoms with Gasteiger partial charge >= 0.3 is 0 Å². The quantitative estimate of drug-likeness (QED) is 0.268. The maximum atomic E-state index is 11.4. The Labute approximate surface area is 90.3 Å². The van der Waals surface area contributed by atoms with Gasteiger partial charge in [-0.3, -0.25) is 0 Å². The van der Waals surface area contributed by atoms with Crippen molar-refractivity contribution in [3.63, 3.8) is 0 Å². The van der Waals surface area contributed by atoms with Gasteiger partial charge in [-0.15, -0.1) is 0 Å². The molecule has 0 spiro atoms. The average molecular weight is 242 g/mol. The summed E-state index contributed by atoms with van der Waals surface area (Å²) in [5, 5.41) is 7.39. The lowest BCUT2D eigenvalue weighted by Crippen LogP contribution is -2.34. The van der Waals surface area contributed by atoms with Gasteiger partial charge in [-0.2, -0.15) is 12.6 Å². The third-order valence-electron chi connectivity index (χ3n) is 1.86. The molecule has 0 heterocycles. The van der Waals surface area contributed by atoms with Gasteiger partial charge in [0, 0.05) is 12.3 Å². The van der Waals surface area contributed by atoms with Crippen LogP contribution in [0.2, 0.25) is 0 Å². The van der Waals surface area contributed by atoms with Crippen LogP contribution in [0.15, 0.2) is 0 Å². The minimum Gasteiger partial charge on any atom is -0.317 e. The van der Waals surface area contributed by atoms with E-state index in [0.29, 0.717) is 13.0 Å². The van der Waals surface area contributed by atoms with Crippen molar-refractivity contribution in [3.8, 4) is 0 Å². The van der Waals surface area contributed by atoms with Crippen molar-refractivity contribution in [2.75, 3.05) is 18.1 Å². The Morgan fingerprint density at radius 2 is 2.00 bits per heavy atom. The van der Waals surface area contributed by atoms with Crippen LogP contribution in [0.3, 0.4) is 0 Å². The topological polar surface area (TPSA) is 92.4 Å². The number of thiol groups is 1. The Morgan fingerprint density at radius 1 is 1.36 bits per heavy atom. The Balaban J connectivity index is 3.67. The third-order valence-corrected chi connectivity index (χ3v) is 4.45. The van der Waals surface area contributed by atoms with Gasteiger partial charge in [-0.05, 0) is 12.8 Å². The van der Waals surface area contributed by atoms with Gasteiger partial charge < -0.3 is 10.9 Å². The fraction of sp³-hybridized carbons (Fsp3) is 1.00. The largest absolute Gasteiger partial charge is 0.317 e. The van der Waals surface area contributed by atoms with E-state index in [1.807, 2.05) is 5.48 Å². The lowest BCUT2D eigenvalue weighted by Gasteiger charge is -2.09. The number of hydrogen-bond donors (Lipinski definition) is 4. The van der Waals surface area contributed by atoms with Crippen LogP contribution < -0.4 is 11.2 Å². The second kappa shape index (κ2) is 7.47. The standard InChI is InChI=1S/C7H18N2O3S2/c8-7(6-13)14(11,12)5-3-1-2-4-9-10/h7,9-10,13H,1-6,8H2/t7-/m1/s1. The zero-order chi connectivity index (χ0) is 11.0. The number of nitrogens with two attached hydrogens (primary N) is 1. The van der Waals surface area contributed by atoms with Gasteiger partial charge in [0.15, 0.2) is 9.84 Å². The summed E-state index contributed by atoms with van der Waals surface area (Å²) in [5.74, 6) is 0.251. The van der Waals surface area contributed by atoms with Gasteiger partial charge in [0.2, 0.25) is 0 Å². The molecule has 0 bridgehead atoms. The van der Waals surface area contributed by atoms with E-state index in [9.17, 15) is 8.42 Å². The summed E-state index contributed by atoms with van der Waals surface area (Å²) in [6.45, 7) is 0.485. The molecule has 86 valence electrons. The Morgan fingerprint density at radius 3 is 2.50 bits per heavy atom. The minimum atomic E-state index is -3.18. The fourth-order valence-electron chi connectivity index (χ4n) is 0.949. The van der Waals surface area contributed by atoms with Crippen LogP contribution >= 0.6 is 12.6 Å². The van der Waals surface area contributed by atoms with Gasteiger partial charge in [0.05, 0.1) is 5.75 Å². The van der Waals surface area contributed by atoms with Crippen molar-refractivity contribution in [1.29, 1.82) is 0 Å². The minimum absolute atomic E-state index is 0.0974. The van der Waals surface area contributed by atoms with Gasteiger partial charge in [0.25, 0.3) is 0 Å². The third kappa shape index (κ3) is 5.82. The number of nitrogens with one attached hydrogen (secondary N) is 1. The summed E-state index contributed by atoms with van der Waals surface area (Å²) in [7, 11) is -3.18. The van der Waals surface area contributed by atoms with E-state index >= 15 is 0 Å². The molecule has 0 aliphatic carbocycles. The number of rotatable bonds is 8. The molecule has 0 unspecified atom stereocenters. The van der Waals surface area contributed by atoms with Crippen molar-refractivity contribution in [3.05, 3.63) is 0 Å². The maximum Gasteiger partial charge on any atom is 0.166 e. The first-order valence-corrected chi connectivity index (χ1v) is 6.84. The molecular formula is C7H18N2O3S2. The maximum absolute atomic E-state index is 11.4. The monoisotopic (exact) mass is 242 g/mol. The van der Waals surface area contributed by atoms with E-state index in [1.54, 1.807) is 0 Å². The molecule has 0 radical (unpaired) electrons. The van der Waals surface area contributed by atoms with Crippen molar-refractivity contribution in [1.82, 2.24) is 5.48 Å². The normalized spacial score (nSPS) is 14.2. The van der Waals surface area contributed by atoms with E-state index in [0.717, 1.165) is 12.8 Å². The second-order valence-electron chi connectivity index (χ2n) is 3.06. The predicted molar refractivity (Wildman–Crippen MR) is 59.3 cm³/mol. The molecule has 0 aliphatic rings. The van der Waals surface area contributed by atoms with Crippen LogP contribution in [-0.2, 0) is 9.84 Å². The van der Waals surface area contributed by atoms with E-state index < -0.39 is 15.2 Å². The molecule has 0 saturated carbocycles. The zero-order valence-electron chi connectivity index (χ0n) is 8.02. The highest BCUT2D eigenvalue weighted by Crippen LogP contribution is 2.04. The lowest BCUT2D eigenvalue weighted by molar-refractivity contribution is 0.165. The predicted octanol–water partition coefficient (Wildman–Crippen LogP) is -0.235. The molecule has 1 atom stereocenters. The summed E-state index contributed by atoms with van der Waals surface area (Å²) in [5.41, 5.74) is 7.39. The second-order valence-corrected chi connectivity index (χ2v) is 5.76. The Kier molecular flexibility index (Phi) is 7.56. The summed E-state index contributed by atoms with van der Waals surface area (Å²) in [6.07, 6.45) is 2.08. The smallest absolute Gasteiger partial charge is 0.166 e. The first-order chi connectivity index (χ1) is 6.54. The molecule has 0 fully saturated rings. The molecule has 0 aliphatic heterocycles. The fourth-order valence-corrected chi connectivity index (χ4v) is 2.77. The number of unbranched alkanes of at least 4 members (excludes halogenated alkanes) is 2. The SMILES string of the molecule is N[C@@H](CS)S(=O)(=O)CCCCCNO. The summed E-state index contributed by atoms with van der Waals surface area (Å²) >= 11 is 3.84. The molecule has 4 N–H and O–H groups in total. The summed E-state index contributed by atoms with van der Waals surface area (Å²) < 4.78 is 22.7. The van der Waals surface area contributed by atoms with Crippen LogP contribution in [0, 0.1) is 0 Å². The number of hydroxylamine groups is 1. The van der Waals surface area contributed by atoms with Gasteiger partial charge in [0.1, 0.15) is 5.37 Å². The Hall–Kier alpha value is 0.180. The summed E-state index contributed by atoms with van der Waals surface area (Å²) in [6, 6.07) is 0. The van der Waals surface area contributed by atoms with Crippen LogP contribution in [0.4, 0.5) is 0 Å². The highest BCUT2D eigenvalue weighted by Gasteiger charge is 2.18. The molecule has 0 saturated heterocycles. The van der Waals surface area contributed by atoms with Crippen molar-refractivity contribution < 1.29 is 13.6 Å². The molecule has 7 heteroatoms. The van der Waals surface area contributed by atoms with Crippen molar-refractivity contribution in [2.45, 2.75) is 24.6 Å². The molecule has 14 heavy (non-hydrogen) atoms. The van der Waals surface area contributed by atoms with Crippen LogP contribution in [-0.4, -0.2) is 37.0 Å². The summed E-state index contributed by atoms with van der Waals surface area (Å²) in [4.78, 5) is 0. The zero-order valence-corrected chi connectivity index (χ0v) is 9.73. The first kappa shape index (κ1) is 14.2. The van der Waals surface area contributed by atoms with E-state index in [1.165, 1.54) is 0 Å². The lowest BCUT2D eigenvalue weighted by atomic mass is 10.2. The van der Waals surface area contributed by atoms with Crippen molar-refractivity contribution in [2.24, 2.45) is 5.73 Å². The van der Waals surface area contributed by atoms with Crippen LogP contribution in [0.1, 0.15) is 19.3 Å². The van der Waals surface area contributed by atoms with Gasteiger partial charge in [-0.25, -0.2) is 13.9 Å². The molecule has 5 nitrogen and oxygen atoms in total. The molecule has 0 aromatic rings. The molecule has 0 amide bonds. The molecule has 0 rings (SSSR count). The highest BCUT2D eigenvalue weighted by molar-refractivity contribution is 7.93. The number of sulfone groups is 1. The van der Waals surface area contributed by atoms with E-state index in [2.05, 4.69) is 12.6 Å². The van der Waals surface area contributed by atoms with E-state index in [4.69, 9.17) is 10.9 Å². The highest BCUT2D eigenvalue weighted by atomic mass is 32.2. The van der Waals surface area contributed by atoms with Crippen molar-refractivity contribution >= 4 is 22.5 Å². The van der Waals surface area contributed by atoms with E-state index in [-0.39, 0.29) is 11.5 Å². The molecule has 0 aromatic heterocycles. The molecule has 0 aromatic carbocycles. The molecular weight excluding hydrogens is 224 g/mol. The van der Waals surface area contributed by atoms with Crippen LogP contribution in [0.5, 0.6) is 0 Å². The average Bonchev–Trinajstić information content (AvgIpc) is 2.16.